The van der Waals surface area contributed by atoms with Crippen molar-refractivity contribution < 1.29 is 18.8 Å². The molecule has 1 aliphatic heterocycles. The smallest absolute Gasteiger partial charge is 0.263 e. The fraction of sp³-hybridized carbons (Fsp3) is 0.0952. The van der Waals surface area contributed by atoms with Crippen LogP contribution in [0.5, 0.6) is 0 Å². The van der Waals surface area contributed by atoms with Gasteiger partial charge in [-0.15, -0.1) is 0 Å². The molecule has 1 N–H and O–H groups in total. The topological polar surface area (TPSA) is 79.6 Å². The fourth-order valence-corrected chi connectivity index (χ4v) is 3.22. The zero-order chi connectivity index (χ0) is 19.0. The second kappa shape index (κ2) is 6.57. The van der Waals surface area contributed by atoms with Gasteiger partial charge in [0.05, 0.1) is 23.1 Å². The molecular weight excluding hydrogens is 344 g/mol. The van der Waals surface area contributed by atoms with Crippen LogP contribution in [0, 0.1) is 0 Å². The number of carbonyl (C=O) groups excluding carboxylic acids is 3. The van der Waals surface area contributed by atoms with E-state index in [2.05, 4.69) is 5.32 Å². The fourth-order valence-electron chi connectivity index (χ4n) is 3.22. The third-order valence-corrected chi connectivity index (χ3v) is 4.51. The molecule has 0 atom stereocenters. The summed E-state index contributed by atoms with van der Waals surface area (Å²) in [5.74, 6) is -0.668. The van der Waals surface area contributed by atoms with E-state index < -0.39 is 5.91 Å². The number of carbonyl (C=O) groups is 3. The molecule has 0 bridgehead atoms. The van der Waals surface area contributed by atoms with Crippen molar-refractivity contribution in [3.8, 4) is 11.3 Å². The summed E-state index contributed by atoms with van der Waals surface area (Å²) < 4.78 is 5.42. The zero-order valence-corrected chi connectivity index (χ0v) is 14.6. The summed E-state index contributed by atoms with van der Waals surface area (Å²) in [4.78, 5) is 39.3. The number of fused-ring (bicyclic) bond motifs is 1. The molecule has 0 fully saturated rings. The third kappa shape index (κ3) is 2.71. The number of imide groups is 1. The van der Waals surface area contributed by atoms with Crippen LogP contribution in [0.25, 0.3) is 11.3 Å². The van der Waals surface area contributed by atoms with Crippen LogP contribution in [-0.2, 0) is 0 Å². The van der Waals surface area contributed by atoms with E-state index in [1.165, 1.54) is 6.26 Å². The molecule has 0 spiro atoms. The van der Waals surface area contributed by atoms with Crippen LogP contribution < -0.4 is 5.32 Å². The van der Waals surface area contributed by atoms with Crippen LogP contribution in [-0.4, -0.2) is 29.2 Å². The second-order valence-corrected chi connectivity index (χ2v) is 6.06. The summed E-state index contributed by atoms with van der Waals surface area (Å²) in [6.07, 6.45) is 1.51. The number of benzene rings is 2. The van der Waals surface area contributed by atoms with Crippen molar-refractivity contribution in [3.63, 3.8) is 0 Å². The van der Waals surface area contributed by atoms with E-state index in [4.69, 9.17) is 4.42 Å². The number of furan rings is 1. The Kier molecular flexibility index (Phi) is 4.08. The average Bonchev–Trinajstić information content (AvgIpc) is 3.30. The van der Waals surface area contributed by atoms with E-state index in [0.717, 1.165) is 4.90 Å². The number of amides is 3. The highest BCUT2D eigenvalue weighted by atomic mass is 16.3. The lowest BCUT2D eigenvalue weighted by Gasteiger charge is -2.11. The maximum atomic E-state index is 12.8. The molecule has 2 heterocycles. The minimum atomic E-state index is -0.422. The number of nitrogens with zero attached hydrogens (tertiary/aromatic N) is 1. The number of rotatable bonds is 4. The largest absolute Gasteiger partial charge is 0.464 e. The Balaban J connectivity index is 1.82. The summed E-state index contributed by atoms with van der Waals surface area (Å²) in [5.41, 5.74) is 1.75. The molecule has 6 heteroatoms. The van der Waals surface area contributed by atoms with Gasteiger partial charge in [0, 0.05) is 17.7 Å². The van der Waals surface area contributed by atoms with E-state index in [9.17, 15) is 14.4 Å². The van der Waals surface area contributed by atoms with Gasteiger partial charge in [0.15, 0.2) is 0 Å². The Labute approximate surface area is 155 Å². The summed E-state index contributed by atoms with van der Waals surface area (Å²) in [6.45, 7) is 1.98. The minimum Gasteiger partial charge on any atom is -0.464 e. The van der Waals surface area contributed by atoms with Gasteiger partial charge in [-0.2, -0.15) is 0 Å². The molecule has 0 unspecified atom stereocenters. The molecule has 0 saturated carbocycles. The first-order valence-electron chi connectivity index (χ1n) is 8.55. The third-order valence-electron chi connectivity index (χ3n) is 4.51. The molecule has 27 heavy (non-hydrogen) atoms. The molecule has 2 aromatic carbocycles. The number of anilines is 1. The van der Waals surface area contributed by atoms with Gasteiger partial charge in [0.25, 0.3) is 17.7 Å². The van der Waals surface area contributed by atoms with Gasteiger partial charge in [-0.1, -0.05) is 18.2 Å². The highest BCUT2D eigenvalue weighted by Crippen LogP contribution is 2.37. The minimum absolute atomic E-state index is 0.194. The Hall–Kier alpha value is -3.67. The van der Waals surface area contributed by atoms with Crippen LogP contribution in [0.4, 0.5) is 5.69 Å². The molecule has 4 rings (SSSR count). The lowest BCUT2D eigenvalue weighted by molar-refractivity contribution is 0.0663. The molecule has 0 saturated heterocycles. The van der Waals surface area contributed by atoms with Gasteiger partial charge in [-0.05, 0) is 43.3 Å². The Bertz CT molecular complexity index is 1040. The van der Waals surface area contributed by atoms with Crippen molar-refractivity contribution in [1.82, 2.24) is 4.90 Å². The number of hydrogen-bond donors (Lipinski definition) is 1. The molecule has 0 radical (unpaired) electrons. The monoisotopic (exact) mass is 360 g/mol. The maximum absolute atomic E-state index is 12.8. The van der Waals surface area contributed by atoms with E-state index in [1.807, 2.05) is 6.07 Å². The van der Waals surface area contributed by atoms with Gasteiger partial charge >= 0.3 is 0 Å². The van der Waals surface area contributed by atoms with Crippen molar-refractivity contribution >= 4 is 23.4 Å². The number of hydrogen-bond acceptors (Lipinski definition) is 4. The standard InChI is InChI=1S/C21H16N2O4/c1-2-23-20(25)17-14(16-9-6-12-27-16)10-11-15(18(17)21(23)26)22-19(24)13-7-4-3-5-8-13/h3-12H,2H2,1H3,(H,22,24). The van der Waals surface area contributed by atoms with E-state index in [0.29, 0.717) is 22.6 Å². The second-order valence-electron chi connectivity index (χ2n) is 6.06. The SMILES string of the molecule is CCN1C(=O)c2c(NC(=O)c3ccccc3)ccc(-c3ccco3)c2C1=O. The van der Waals surface area contributed by atoms with Crippen LogP contribution in [0.3, 0.4) is 0 Å². The summed E-state index contributed by atoms with van der Waals surface area (Å²) in [7, 11) is 0. The van der Waals surface area contributed by atoms with Gasteiger partial charge < -0.3 is 9.73 Å². The molecule has 3 aromatic rings. The van der Waals surface area contributed by atoms with E-state index in [1.54, 1.807) is 55.5 Å². The first-order valence-corrected chi connectivity index (χ1v) is 8.55. The maximum Gasteiger partial charge on any atom is 0.263 e. The lowest BCUT2D eigenvalue weighted by Crippen LogP contribution is -2.29. The van der Waals surface area contributed by atoms with Crippen molar-refractivity contribution in [2.75, 3.05) is 11.9 Å². The van der Waals surface area contributed by atoms with E-state index in [-0.39, 0.29) is 29.5 Å². The Morgan fingerprint density at radius 3 is 2.37 bits per heavy atom. The quantitative estimate of drug-likeness (QED) is 0.718. The molecule has 6 nitrogen and oxygen atoms in total. The summed E-state index contributed by atoms with van der Waals surface area (Å²) in [6, 6.07) is 15.4. The average molecular weight is 360 g/mol. The summed E-state index contributed by atoms with van der Waals surface area (Å²) in [5, 5.41) is 2.76. The molecule has 1 aliphatic rings. The van der Waals surface area contributed by atoms with Crippen LogP contribution in [0.2, 0.25) is 0 Å². The first-order chi connectivity index (χ1) is 13.1. The molecule has 3 amide bonds. The molecule has 0 aliphatic carbocycles. The van der Waals surface area contributed by atoms with Gasteiger partial charge in [0.2, 0.25) is 0 Å². The van der Waals surface area contributed by atoms with Gasteiger partial charge in [-0.3, -0.25) is 19.3 Å². The molecule has 134 valence electrons. The Morgan fingerprint density at radius 2 is 1.70 bits per heavy atom. The van der Waals surface area contributed by atoms with Crippen molar-refractivity contribution in [3.05, 3.63) is 77.6 Å². The van der Waals surface area contributed by atoms with Crippen molar-refractivity contribution in [2.24, 2.45) is 0 Å². The predicted molar refractivity (Wildman–Crippen MR) is 99.6 cm³/mol. The Morgan fingerprint density at radius 1 is 0.963 bits per heavy atom. The van der Waals surface area contributed by atoms with Gasteiger partial charge in [0.1, 0.15) is 5.76 Å². The van der Waals surface area contributed by atoms with Crippen LogP contribution >= 0.6 is 0 Å². The van der Waals surface area contributed by atoms with Gasteiger partial charge in [-0.25, -0.2) is 0 Å². The summed E-state index contributed by atoms with van der Waals surface area (Å²) >= 11 is 0. The van der Waals surface area contributed by atoms with Crippen molar-refractivity contribution in [1.29, 1.82) is 0 Å². The predicted octanol–water partition coefficient (Wildman–Crippen LogP) is 3.81. The normalized spacial score (nSPS) is 13.0. The highest BCUT2D eigenvalue weighted by molar-refractivity contribution is 6.27. The zero-order valence-electron chi connectivity index (χ0n) is 14.6. The van der Waals surface area contributed by atoms with Crippen LogP contribution in [0.1, 0.15) is 38.0 Å². The van der Waals surface area contributed by atoms with E-state index >= 15 is 0 Å². The highest BCUT2D eigenvalue weighted by Gasteiger charge is 2.39. The van der Waals surface area contributed by atoms with Crippen LogP contribution in [0.15, 0.2) is 65.3 Å². The molecule has 1 aromatic heterocycles. The number of nitrogens with one attached hydrogen (secondary N) is 1. The van der Waals surface area contributed by atoms with Crippen molar-refractivity contribution in [2.45, 2.75) is 6.92 Å². The molecular formula is C21H16N2O4. The first kappa shape index (κ1) is 16.8. The lowest BCUT2D eigenvalue weighted by atomic mass is 9.99.